The van der Waals surface area contributed by atoms with Crippen LogP contribution in [0.3, 0.4) is 0 Å². The molecule has 0 unspecified atom stereocenters. The highest BCUT2D eigenvalue weighted by Crippen LogP contribution is 2.45. The predicted molar refractivity (Wildman–Crippen MR) is 208 cm³/mol. The van der Waals surface area contributed by atoms with Gasteiger partial charge in [-0.25, -0.2) is 4.98 Å². The van der Waals surface area contributed by atoms with Crippen molar-refractivity contribution in [1.29, 1.82) is 0 Å². The lowest BCUT2D eigenvalue weighted by atomic mass is 9.88. The van der Waals surface area contributed by atoms with Gasteiger partial charge in [0.15, 0.2) is 0 Å². The van der Waals surface area contributed by atoms with Crippen LogP contribution >= 0.6 is 11.3 Å². The van der Waals surface area contributed by atoms with E-state index in [2.05, 4.69) is 166 Å². The Morgan fingerprint density at radius 1 is 0.542 bits per heavy atom. The molecular formula is C45H36N2S. The molecule has 0 N–H and O–H groups in total. The van der Waals surface area contributed by atoms with Gasteiger partial charge in [0.2, 0.25) is 0 Å². The van der Waals surface area contributed by atoms with E-state index in [0.29, 0.717) is 11.8 Å². The van der Waals surface area contributed by atoms with E-state index >= 15 is 0 Å². The van der Waals surface area contributed by atoms with Crippen LogP contribution in [0, 0.1) is 0 Å². The van der Waals surface area contributed by atoms with Crippen LogP contribution in [0.1, 0.15) is 50.7 Å². The summed E-state index contributed by atoms with van der Waals surface area (Å²) in [6.45, 7) is 9.27. The van der Waals surface area contributed by atoms with E-state index in [1.807, 2.05) is 11.3 Å². The fourth-order valence-electron chi connectivity index (χ4n) is 7.52. The Bertz CT molecular complexity index is 2640. The Labute approximate surface area is 284 Å². The molecule has 232 valence electrons. The molecule has 0 atom stereocenters. The molecule has 3 heteroatoms. The van der Waals surface area contributed by atoms with E-state index in [-0.39, 0.29) is 0 Å². The van der Waals surface area contributed by atoms with Gasteiger partial charge in [0.05, 0.1) is 16.7 Å². The van der Waals surface area contributed by atoms with Crippen molar-refractivity contribution in [2.75, 3.05) is 0 Å². The van der Waals surface area contributed by atoms with Crippen LogP contribution in [0.15, 0.2) is 133 Å². The van der Waals surface area contributed by atoms with Crippen LogP contribution in [0.4, 0.5) is 0 Å². The number of imidazole rings is 1. The summed E-state index contributed by atoms with van der Waals surface area (Å²) in [6, 6.07) is 49.0. The van der Waals surface area contributed by atoms with Crippen LogP contribution in [0.25, 0.3) is 81.0 Å². The lowest BCUT2D eigenvalue weighted by Gasteiger charge is -2.24. The first-order valence-electron chi connectivity index (χ1n) is 16.9. The number of hydrogen-bond acceptors (Lipinski definition) is 2. The third-order valence-corrected chi connectivity index (χ3v) is 11.1. The monoisotopic (exact) mass is 636 g/mol. The Morgan fingerprint density at radius 3 is 2.02 bits per heavy atom. The highest BCUT2D eigenvalue weighted by atomic mass is 32.1. The minimum atomic E-state index is 0.317. The number of aromatic nitrogens is 2. The zero-order chi connectivity index (χ0) is 32.5. The molecule has 0 bridgehead atoms. The molecular weight excluding hydrogens is 601 g/mol. The third kappa shape index (κ3) is 4.49. The van der Waals surface area contributed by atoms with E-state index in [9.17, 15) is 0 Å². The summed E-state index contributed by atoms with van der Waals surface area (Å²) in [4.78, 5) is 5.43. The van der Waals surface area contributed by atoms with E-state index in [4.69, 9.17) is 4.98 Å². The number of nitrogens with zero attached hydrogens (tertiary/aromatic N) is 2. The maximum Gasteiger partial charge on any atom is 0.147 e. The van der Waals surface area contributed by atoms with Crippen LogP contribution in [-0.2, 0) is 0 Å². The molecule has 0 fully saturated rings. The average molecular weight is 637 g/mol. The minimum Gasteiger partial charge on any atom is -0.292 e. The highest BCUT2D eigenvalue weighted by Gasteiger charge is 2.25. The Hall–Kier alpha value is -5.25. The first-order valence-corrected chi connectivity index (χ1v) is 17.8. The topological polar surface area (TPSA) is 17.8 Å². The van der Waals surface area contributed by atoms with Gasteiger partial charge in [0.25, 0.3) is 0 Å². The largest absolute Gasteiger partial charge is 0.292 e. The highest BCUT2D eigenvalue weighted by molar-refractivity contribution is 7.26. The van der Waals surface area contributed by atoms with Crippen LogP contribution in [0.2, 0.25) is 0 Å². The number of fused-ring (bicyclic) bond motifs is 7. The van der Waals surface area contributed by atoms with Gasteiger partial charge in [0, 0.05) is 25.7 Å². The number of rotatable bonds is 5. The lowest BCUT2D eigenvalue weighted by Crippen LogP contribution is -2.09. The number of benzene rings is 7. The molecule has 0 amide bonds. The van der Waals surface area contributed by atoms with Gasteiger partial charge in [-0.3, -0.25) is 4.57 Å². The molecule has 0 saturated carbocycles. The van der Waals surface area contributed by atoms with Gasteiger partial charge >= 0.3 is 0 Å². The fourth-order valence-corrected chi connectivity index (χ4v) is 8.76. The molecule has 0 spiro atoms. The van der Waals surface area contributed by atoms with E-state index in [1.54, 1.807) is 0 Å². The van der Waals surface area contributed by atoms with Gasteiger partial charge in [-0.15, -0.1) is 11.3 Å². The van der Waals surface area contributed by atoms with Crippen LogP contribution in [-0.4, -0.2) is 9.55 Å². The minimum absolute atomic E-state index is 0.317. The molecule has 0 aliphatic rings. The summed E-state index contributed by atoms with van der Waals surface area (Å²) in [5, 5.41) is 7.76. The summed E-state index contributed by atoms with van der Waals surface area (Å²) in [7, 11) is 0. The van der Waals surface area contributed by atoms with Gasteiger partial charge in [-0.05, 0) is 98.1 Å². The second-order valence-corrected chi connectivity index (χ2v) is 14.6. The molecule has 2 aromatic heterocycles. The number of thiophene rings is 1. The fraction of sp³-hybridized carbons (Fsp3) is 0.133. The predicted octanol–water partition coefficient (Wildman–Crippen LogP) is 13.3. The molecule has 0 radical (unpaired) electrons. The molecule has 9 aromatic rings. The first-order chi connectivity index (χ1) is 23.5. The van der Waals surface area contributed by atoms with Crippen molar-refractivity contribution in [2.45, 2.75) is 39.5 Å². The zero-order valence-electron chi connectivity index (χ0n) is 27.7. The van der Waals surface area contributed by atoms with Crippen LogP contribution in [0.5, 0.6) is 0 Å². The molecule has 2 heterocycles. The smallest absolute Gasteiger partial charge is 0.147 e. The molecule has 0 aliphatic heterocycles. The lowest BCUT2D eigenvalue weighted by molar-refractivity contribution is 0.812. The Morgan fingerprint density at radius 2 is 1.23 bits per heavy atom. The molecule has 48 heavy (non-hydrogen) atoms. The summed E-state index contributed by atoms with van der Waals surface area (Å²) in [5.74, 6) is 1.63. The van der Waals surface area contributed by atoms with Gasteiger partial charge in [0.1, 0.15) is 5.82 Å². The molecule has 9 rings (SSSR count). The van der Waals surface area contributed by atoms with E-state index in [0.717, 1.165) is 16.9 Å². The van der Waals surface area contributed by atoms with Crippen LogP contribution < -0.4 is 0 Å². The van der Waals surface area contributed by atoms with Crippen molar-refractivity contribution in [3.05, 3.63) is 145 Å². The van der Waals surface area contributed by atoms with Crippen molar-refractivity contribution in [1.82, 2.24) is 9.55 Å². The maximum absolute atomic E-state index is 5.43. The summed E-state index contributed by atoms with van der Waals surface area (Å²) < 4.78 is 5.06. The average Bonchev–Trinajstić information content (AvgIpc) is 3.68. The van der Waals surface area contributed by atoms with Gasteiger partial charge < -0.3 is 0 Å². The molecule has 7 aromatic carbocycles. The standard InChI is InChI=1S/C45H36N2S/c1-27(2)36-24-32(29-13-6-5-7-14-29)25-37(28(3)4)43(36)47-41-20-11-10-19-40(41)46-45(47)35-18-12-17-34-39-23-31-22-21-30-15-8-9-16-33(30)38(31)26-42(39)48-44(34)35/h5-28H,1-4H3. The number of para-hydroxylation sites is 2. The van der Waals surface area contributed by atoms with E-state index in [1.165, 1.54) is 75.2 Å². The quantitative estimate of drug-likeness (QED) is 0.172. The Balaban J connectivity index is 1.35. The Kier molecular flexibility index (Phi) is 6.74. The first kappa shape index (κ1) is 28.9. The van der Waals surface area contributed by atoms with E-state index < -0.39 is 0 Å². The van der Waals surface area contributed by atoms with Gasteiger partial charge in [-0.1, -0.05) is 119 Å². The molecule has 0 aliphatic carbocycles. The zero-order valence-corrected chi connectivity index (χ0v) is 28.5. The SMILES string of the molecule is CC(C)c1cc(-c2ccccc2)cc(C(C)C)c1-n1c(-c2cccc3c2sc2cc4c(ccc5ccccc54)cc23)nc2ccccc21. The summed E-state index contributed by atoms with van der Waals surface area (Å²) in [5.41, 5.74) is 9.78. The van der Waals surface area contributed by atoms with Crippen molar-refractivity contribution in [3.8, 4) is 28.2 Å². The van der Waals surface area contributed by atoms with Crippen molar-refractivity contribution in [2.24, 2.45) is 0 Å². The van der Waals surface area contributed by atoms with Crippen molar-refractivity contribution < 1.29 is 0 Å². The van der Waals surface area contributed by atoms with Crippen molar-refractivity contribution in [3.63, 3.8) is 0 Å². The summed E-state index contributed by atoms with van der Waals surface area (Å²) in [6.07, 6.45) is 0. The normalized spacial score (nSPS) is 12.1. The third-order valence-electron chi connectivity index (χ3n) is 9.91. The second kappa shape index (κ2) is 11.2. The number of hydrogen-bond donors (Lipinski definition) is 0. The molecule has 0 saturated heterocycles. The van der Waals surface area contributed by atoms with Crippen molar-refractivity contribution >= 4 is 64.1 Å². The second-order valence-electron chi connectivity index (χ2n) is 13.6. The van der Waals surface area contributed by atoms with Gasteiger partial charge in [-0.2, -0.15) is 0 Å². The maximum atomic E-state index is 5.43. The summed E-state index contributed by atoms with van der Waals surface area (Å²) >= 11 is 1.89. The molecule has 2 nitrogen and oxygen atoms in total.